The molecule has 0 aliphatic rings. The van der Waals surface area contributed by atoms with Gasteiger partial charge in [0, 0.05) is 28.7 Å². The van der Waals surface area contributed by atoms with Crippen LogP contribution >= 0.6 is 22.9 Å². The molecule has 150 valence electrons. The van der Waals surface area contributed by atoms with Gasteiger partial charge in [-0.2, -0.15) is 0 Å². The Kier molecular flexibility index (Phi) is 5.74. The molecular weight excluding hydrogens is 423 g/mol. The van der Waals surface area contributed by atoms with E-state index in [1.165, 1.54) is 17.4 Å². The molecule has 0 aliphatic heterocycles. The molecule has 0 radical (unpaired) electrons. The van der Waals surface area contributed by atoms with Gasteiger partial charge in [-0.05, 0) is 61.0 Å². The van der Waals surface area contributed by atoms with E-state index in [4.69, 9.17) is 11.6 Å². The Labute approximate surface area is 181 Å². The number of nitrogens with one attached hydrogen (secondary N) is 2. The number of hydrogen-bond acceptors (Lipinski definition) is 4. The molecule has 2 aromatic heterocycles. The highest BCUT2D eigenvalue weighted by molar-refractivity contribution is 7.15. The summed E-state index contributed by atoms with van der Waals surface area (Å²) in [7, 11) is 0. The fourth-order valence-electron chi connectivity index (χ4n) is 2.91. The molecule has 2 aromatic carbocycles. The highest BCUT2D eigenvalue weighted by Crippen LogP contribution is 2.37. The number of hydrogen-bond donors (Lipinski definition) is 2. The fraction of sp³-hybridized carbons (Fsp3) is 0.0455. The van der Waals surface area contributed by atoms with Crippen LogP contribution in [0.1, 0.15) is 5.01 Å². The minimum Gasteiger partial charge on any atom is -0.308 e. The molecule has 0 unspecified atom stereocenters. The number of halogens is 2. The van der Waals surface area contributed by atoms with Gasteiger partial charge in [-0.1, -0.05) is 17.7 Å². The molecule has 0 atom stereocenters. The number of pyridine rings is 1. The van der Waals surface area contributed by atoms with Gasteiger partial charge >= 0.3 is 6.03 Å². The van der Waals surface area contributed by atoms with Crippen LogP contribution < -0.4 is 10.6 Å². The van der Waals surface area contributed by atoms with Crippen LogP contribution in [0.3, 0.4) is 0 Å². The number of urea groups is 1. The summed E-state index contributed by atoms with van der Waals surface area (Å²) >= 11 is 7.35. The first-order chi connectivity index (χ1) is 14.5. The maximum Gasteiger partial charge on any atom is 0.323 e. The summed E-state index contributed by atoms with van der Waals surface area (Å²) in [5, 5.41) is 6.66. The smallest absolute Gasteiger partial charge is 0.308 e. The predicted molar refractivity (Wildman–Crippen MR) is 120 cm³/mol. The molecule has 0 bridgehead atoms. The van der Waals surface area contributed by atoms with E-state index in [2.05, 4.69) is 20.6 Å². The third-order valence-electron chi connectivity index (χ3n) is 4.27. The number of anilines is 2. The van der Waals surface area contributed by atoms with Crippen molar-refractivity contribution < 1.29 is 9.18 Å². The van der Waals surface area contributed by atoms with Gasteiger partial charge in [0.15, 0.2) is 0 Å². The molecule has 8 heteroatoms. The van der Waals surface area contributed by atoms with Crippen molar-refractivity contribution in [1.82, 2.24) is 9.97 Å². The zero-order valence-electron chi connectivity index (χ0n) is 15.8. The standard InChI is InChI=1S/C22H16ClFN4OS/c1-13-26-20(14-8-10-25-11-9-14)21(30-13)15-2-7-18(24)19(12-15)28-22(29)27-17-5-3-16(23)4-6-17/h2-12H,1H3,(H2,27,28,29). The lowest BCUT2D eigenvalue weighted by molar-refractivity contribution is 0.262. The monoisotopic (exact) mass is 438 g/mol. The second-order valence-corrected chi connectivity index (χ2v) is 8.07. The minimum atomic E-state index is -0.553. The fourth-order valence-corrected chi connectivity index (χ4v) is 3.97. The number of carbonyl (C=O) groups excluding carboxylic acids is 1. The zero-order valence-corrected chi connectivity index (χ0v) is 17.4. The van der Waals surface area contributed by atoms with E-state index in [1.54, 1.807) is 48.8 Å². The largest absolute Gasteiger partial charge is 0.323 e. The molecule has 2 amide bonds. The molecule has 0 saturated heterocycles. The van der Waals surface area contributed by atoms with Crippen LogP contribution in [0.2, 0.25) is 5.02 Å². The number of nitrogens with zero attached hydrogens (tertiary/aromatic N) is 2. The lowest BCUT2D eigenvalue weighted by Gasteiger charge is -2.10. The van der Waals surface area contributed by atoms with E-state index in [9.17, 15) is 9.18 Å². The van der Waals surface area contributed by atoms with Gasteiger partial charge in [-0.15, -0.1) is 11.3 Å². The first-order valence-electron chi connectivity index (χ1n) is 9.01. The Hall–Kier alpha value is -3.29. The van der Waals surface area contributed by atoms with Crippen LogP contribution in [0.5, 0.6) is 0 Å². The molecule has 2 heterocycles. The first-order valence-corrected chi connectivity index (χ1v) is 10.2. The average molecular weight is 439 g/mol. The summed E-state index contributed by atoms with van der Waals surface area (Å²) in [5.41, 5.74) is 3.10. The molecule has 4 rings (SSSR count). The van der Waals surface area contributed by atoms with Crippen molar-refractivity contribution in [3.05, 3.63) is 82.8 Å². The van der Waals surface area contributed by atoms with Crippen molar-refractivity contribution >= 4 is 40.3 Å². The van der Waals surface area contributed by atoms with E-state index >= 15 is 0 Å². The summed E-state index contributed by atoms with van der Waals surface area (Å²) in [4.78, 5) is 21.9. The Bertz CT molecular complexity index is 1200. The predicted octanol–water partition coefficient (Wildman–Crippen LogP) is 6.62. The quantitative estimate of drug-likeness (QED) is 0.376. The van der Waals surface area contributed by atoms with Crippen LogP contribution in [0, 0.1) is 12.7 Å². The summed E-state index contributed by atoms with van der Waals surface area (Å²) in [6, 6.07) is 14.5. The number of benzene rings is 2. The lowest BCUT2D eigenvalue weighted by Crippen LogP contribution is -2.20. The number of rotatable bonds is 4. The lowest BCUT2D eigenvalue weighted by atomic mass is 10.1. The van der Waals surface area contributed by atoms with Gasteiger partial charge in [-0.3, -0.25) is 4.98 Å². The Balaban J connectivity index is 1.61. The molecular formula is C22H16ClFN4OS. The molecule has 0 fully saturated rings. The average Bonchev–Trinajstić information content (AvgIpc) is 3.14. The van der Waals surface area contributed by atoms with Crippen molar-refractivity contribution in [2.75, 3.05) is 10.6 Å². The third kappa shape index (κ3) is 4.48. The molecule has 30 heavy (non-hydrogen) atoms. The summed E-state index contributed by atoms with van der Waals surface area (Å²) in [5.74, 6) is -0.531. The topological polar surface area (TPSA) is 66.9 Å². The highest BCUT2D eigenvalue weighted by Gasteiger charge is 2.16. The molecule has 0 saturated carbocycles. The second kappa shape index (κ2) is 8.61. The number of carbonyl (C=O) groups is 1. The number of amides is 2. The van der Waals surface area contributed by atoms with Gasteiger partial charge in [0.1, 0.15) is 5.82 Å². The summed E-state index contributed by atoms with van der Waals surface area (Å²) < 4.78 is 14.4. The zero-order chi connectivity index (χ0) is 21.1. The first kappa shape index (κ1) is 20.0. The van der Waals surface area contributed by atoms with Crippen molar-refractivity contribution in [2.24, 2.45) is 0 Å². The van der Waals surface area contributed by atoms with Gasteiger partial charge < -0.3 is 10.6 Å². The van der Waals surface area contributed by atoms with Crippen molar-refractivity contribution in [3.63, 3.8) is 0 Å². The van der Waals surface area contributed by atoms with Gasteiger partial charge in [0.2, 0.25) is 0 Å². The Morgan fingerprint density at radius 2 is 1.73 bits per heavy atom. The molecule has 0 aliphatic carbocycles. The van der Waals surface area contributed by atoms with Crippen LogP contribution in [0.15, 0.2) is 67.0 Å². The maximum atomic E-state index is 14.4. The van der Waals surface area contributed by atoms with Gasteiger partial charge in [-0.25, -0.2) is 14.2 Å². The molecule has 0 spiro atoms. The van der Waals surface area contributed by atoms with Crippen molar-refractivity contribution in [3.8, 4) is 21.7 Å². The van der Waals surface area contributed by atoms with E-state index < -0.39 is 11.8 Å². The molecule has 5 nitrogen and oxygen atoms in total. The van der Waals surface area contributed by atoms with Crippen LogP contribution in [0.25, 0.3) is 21.7 Å². The summed E-state index contributed by atoms with van der Waals surface area (Å²) in [6.07, 6.45) is 3.40. The Morgan fingerprint density at radius 3 is 2.47 bits per heavy atom. The summed E-state index contributed by atoms with van der Waals surface area (Å²) in [6.45, 7) is 1.92. The second-order valence-electron chi connectivity index (χ2n) is 6.43. The van der Waals surface area contributed by atoms with Crippen LogP contribution in [-0.2, 0) is 0 Å². The van der Waals surface area contributed by atoms with Gasteiger partial charge in [0.25, 0.3) is 0 Å². The SMILES string of the molecule is Cc1nc(-c2ccncc2)c(-c2ccc(F)c(NC(=O)Nc3ccc(Cl)cc3)c2)s1. The third-order valence-corrected chi connectivity index (χ3v) is 5.54. The van der Waals surface area contributed by atoms with Gasteiger partial charge in [0.05, 0.1) is 21.3 Å². The van der Waals surface area contributed by atoms with E-state index in [1.807, 2.05) is 19.1 Å². The van der Waals surface area contributed by atoms with Crippen molar-refractivity contribution in [1.29, 1.82) is 0 Å². The van der Waals surface area contributed by atoms with Crippen LogP contribution in [-0.4, -0.2) is 16.0 Å². The van der Waals surface area contributed by atoms with E-state index in [-0.39, 0.29) is 5.69 Å². The van der Waals surface area contributed by atoms with Crippen LogP contribution in [0.4, 0.5) is 20.6 Å². The van der Waals surface area contributed by atoms with E-state index in [0.29, 0.717) is 10.7 Å². The normalized spacial score (nSPS) is 10.6. The van der Waals surface area contributed by atoms with E-state index in [0.717, 1.165) is 26.7 Å². The van der Waals surface area contributed by atoms with Crippen molar-refractivity contribution in [2.45, 2.75) is 6.92 Å². The minimum absolute atomic E-state index is 0.0747. The molecule has 2 N–H and O–H groups in total. The number of aromatic nitrogens is 2. The highest BCUT2D eigenvalue weighted by atomic mass is 35.5. The maximum absolute atomic E-state index is 14.4. The number of thiazole rings is 1. The Morgan fingerprint density at radius 1 is 1.00 bits per heavy atom. The molecule has 4 aromatic rings. The number of aryl methyl sites for hydroxylation is 1.